The Hall–Kier alpha value is -3.14. The number of rotatable bonds is 17. The molecule has 0 radical (unpaired) electrons. The molecule has 0 aliphatic carbocycles. The molecule has 0 aliphatic heterocycles. The predicted molar refractivity (Wildman–Crippen MR) is 172 cm³/mol. The fourth-order valence-electron chi connectivity index (χ4n) is 4.79. The van der Waals surface area contributed by atoms with Crippen molar-refractivity contribution in [2.24, 2.45) is 0 Å². The Morgan fingerprint density at radius 2 is 1.67 bits per heavy atom. The third kappa shape index (κ3) is 9.71. The van der Waals surface area contributed by atoms with Gasteiger partial charge in [-0.3, -0.25) is 4.79 Å². The van der Waals surface area contributed by atoms with E-state index in [0.29, 0.717) is 42.7 Å². The number of carboxylic acid groups (broad SMARTS) is 1. The van der Waals surface area contributed by atoms with Gasteiger partial charge in [0.25, 0.3) is 5.91 Å². The molecule has 42 heavy (non-hydrogen) atoms. The third-order valence-electron chi connectivity index (χ3n) is 7.20. The van der Waals surface area contributed by atoms with Crippen molar-refractivity contribution < 1.29 is 23.1 Å². The van der Waals surface area contributed by atoms with E-state index < -0.39 is 27.9 Å². The molecule has 3 rings (SSSR count). The summed E-state index contributed by atoms with van der Waals surface area (Å²) in [5.74, 6) is -0.849. The van der Waals surface area contributed by atoms with Crippen LogP contribution in [0.2, 0.25) is 0 Å². The number of sulfonamides is 1. The van der Waals surface area contributed by atoms with Gasteiger partial charge in [0.2, 0.25) is 10.0 Å². The zero-order chi connectivity index (χ0) is 30.5. The van der Waals surface area contributed by atoms with E-state index in [0.717, 1.165) is 35.1 Å². The SMILES string of the molecule is CCCCS(=O)(=O)N(CCCc1ccccc1)Cc1ccc(C(=O)N[C@@H](CCSC)C(=O)O)c(-c2ccccc2C)c1. The van der Waals surface area contributed by atoms with Crippen LogP contribution in [-0.4, -0.2) is 60.1 Å². The molecule has 0 unspecified atom stereocenters. The molecule has 0 saturated heterocycles. The molecule has 226 valence electrons. The molecule has 1 amide bonds. The second-order valence-corrected chi connectivity index (χ2v) is 13.5. The van der Waals surface area contributed by atoms with Crippen molar-refractivity contribution in [3.05, 3.63) is 95.1 Å². The number of hydrogen-bond donors (Lipinski definition) is 2. The first kappa shape index (κ1) is 33.4. The maximum atomic E-state index is 13.4. The van der Waals surface area contributed by atoms with Gasteiger partial charge in [-0.25, -0.2) is 13.2 Å². The number of benzene rings is 3. The van der Waals surface area contributed by atoms with Crippen LogP contribution >= 0.6 is 11.8 Å². The molecule has 1 atom stereocenters. The van der Waals surface area contributed by atoms with Gasteiger partial charge in [-0.2, -0.15) is 16.1 Å². The van der Waals surface area contributed by atoms with Crippen LogP contribution in [0.25, 0.3) is 11.1 Å². The lowest BCUT2D eigenvalue weighted by Gasteiger charge is -2.23. The first-order valence-corrected chi connectivity index (χ1v) is 17.4. The molecule has 0 fully saturated rings. The van der Waals surface area contributed by atoms with Crippen LogP contribution in [0, 0.1) is 6.92 Å². The van der Waals surface area contributed by atoms with Gasteiger partial charge in [-0.15, -0.1) is 0 Å². The van der Waals surface area contributed by atoms with Gasteiger partial charge in [0.15, 0.2) is 0 Å². The molecular weight excluding hydrogens is 569 g/mol. The number of aryl methyl sites for hydroxylation is 2. The van der Waals surface area contributed by atoms with Crippen LogP contribution in [-0.2, 0) is 27.8 Å². The first-order chi connectivity index (χ1) is 20.2. The zero-order valence-corrected chi connectivity index (χ0v) is 26.3. The molecule has 0 heterocycles. The number of carbonyl (C=O) groups is 2. The molecule has 0 bridgehead atoms. The first-order valence-electron chi connectivity index (χ1n) is 14.4. The largest absolute Gasteiger partial charge is 0.480 e. The number of nitrogens with one attached hydrogen (secondary N) is 1. The number of carboxylic acids is 1. The maximum Gasteiger partial charge on any atom is 0.326 e. The number of unbranched alkanes of at least 4 members (excludes halogenated alkanes) is 1. The highest BCUT2D eigenvalue weighted by molar-refractivity contribution is 7.98. The molecule has 0 spiro atoms. The summed E-state index contributed by atoms with van der Waals surface area (Å²) in [7, 11) is -3.50. The normalized spacial score (nSPS) is 12.3. The van der Waals surface area contributed by atoms with E-state index in [1.165, 1.54) is 11.8 Å². The highest BCUT2D eigenvalue weighted by Crippen LogP contribution is 2.29. The Morgan fingerprint density at radius 1 is 0.952 bits per heavy atom. The quantitative estimate of drug-likeness (QED) is 0.190. The minimum atomic E-state index is -3.50. The van der Waals surface area contributed by atoms with E-state index in [2.05, 4.69) is 5.32 Å². The zero-order valence-electron chi connectivity index (χ0n) is 24.7. The molecule has 7 nitrogen and oxygen atoms in total. The minimum absolute atomic E-state index is 0.0899. The van der Waals surface area contributed by atoms with Crippen molar-refractivity contribution >= 4 is 33.7 Å². The van der Waals surface area contributed by atoms with Crippen molar-refractivity contribution in [3.8, 4) is 11.1 Å². The van der Waals surface area contributed by atoms with E-state index in [1.54, 1.807) is 16.4 Å². The lowest BCUT2D eigenvalue weighted by Crippen LogP contribution is -2.41. The summed E-state index contributed by atoms with van der Waals surface area (Å²) in [6.45, 7) is 4.50. The summed E-state index contributed by atoms with van der Waals surface area (Å²) in [6, 6.07) is 22.0. The van der Waals surface area contributed by atoms with E-state index in [4.69, 9.17) is 0 Å². The standard InChI is InChI=1S/C33H42N2O5S2/c1-4-5-22-42(39,40)35(20-11-15-26-13-7-6-8-14-26)24-27-17-18-29(30(23-27)28-16-10-9-12-25(28)2)32(36)34-31(33(37)38)19-21-41-3/h6-10,12-14,16-18,23,31H,4-5,11,15,19-22,24H2,1-3H3,(H,34,36)(H,37,38)/t31-/m0/s1. The number of carbonyl (C=O) groups excluding carboxylic acids is 1. The second kappa shape index (κ2) is 16.5. The Kier molecular flexibility index (Phi) is 13.1. The van der Waals surface area contributed by atoms with Crippen LogP contribution < -0.4 is 5.32 Å². The summed E-state index contributed by atoms with van der Waals surface area (Å²) >= 11 is 1.52. The summed E-state index contributed by atoms with van der Waals surface area (Å²) in [4.78, 5) is 25.2. The molecule has 3 aromatic carbocycles. The lowest BCUT2D eigenvalue weighted by molar-refractivity contribution is -0.139. The molecule has 0 aromatic heterocycles. The van der Waals surface area contributed by atoms with Crippen molar-refractivity contribution in [3.63, 3.8) is 0 Å². The summed E-state index contributed by atoms with van der Waals surface area (Å²) in [5, 5.41) is 12.4. The average Bonchev–Trinajstić information content (AvgIpc) is 2.98. The third-order valence-corrected chi connectivity index (χ3v) is 9.75. The Balaban J connectivity index is 1.94. The van der Waals surface area contributed by atoms with Crippen LogP contribution in [0.1, 0.15) is 59.7 Å². The van der Waals surface area contributed by atoms with E-state index in [1.807, 2.05) is 80.8 Å². The van der Waals surface area contributed by atoms with Gasteiger partial charge in [0, 0.05) is 18.7 Å². The van der Waals surface area contributed by atoms with Gasteiger partial charge in [-0.05, 0) is 84.6 Å². The highest BCUT2D eigenvalue weighted by Gasteiger charge is 2.25. The number of amides is 1. The Labute approximate surface area is 254 Å². The van der Waals surface area contributed by atoms with Gasteiger partial charge < -0.3 is 10.4 Å². The number of nitrogens with zero attached hydrogens (tertiary/aromatic N) is 1. The minimum Gasteiger partial charge on any atom is -0.480 e. The fraction of sp³-hybridized carbons (Fsp3) is 0.394. The second-order valence-electron chi connectivity index (χ2n) is 10.4. The summed E-state index contributed by atoms with van der Waals surface area (Å²) < 4.78 is 28.4. The Bertz CT molecular complexity index is 1430. The Morgan fingerprint density at radius 3 is 2.33 bits per heavy atom. The van der Waals surface area contributed by atoms with Crippen molar-refractivity contribution in [2.75, 3.05) is 24.3 Å². The van der Waals surface area contributed by atoms with Gasteiger partial charge in [-0.1, -0.05) is 74.0 Å². The average molecular weight is 611 g/mol. The van der Waals surface area contributed by atoms with Crippen LogP contribution in [0.15, 0.2) is 72.8 Å². The van der Waals surface area contributed by atoms with Crippen molar-refractivity contribution in [2.45, 2.75) is 58.5 Å². The van der Waals surface area contributed by atoms with E-state index >= 15 is 0 Å². The molecule has 9 heteroatoms. The summed E-state index contributed by atoms with van der Waals surface area (Å²) in [6.07, 6.45) is 5.04. The van der Waals surface area contributed by atoms with Crippen molar-refractivity contribution in [1.82, 2.24) is 9.62 Å². The molecule has 0 aliphatic rings. The van der Waals surface area contributed by atoms with Crippen LogP contribution in [0.4, 0.5) is 0 Å². The molecule has 2 N–H and O–H groups in total. The molecular formula is C33H42N2O5S2. The van der Waals surface area contributed by atoms with Crippen LogP contribution in [0.3, 0.4) is 0 Å². The van der Waals surface area contributed by atoms with Gasteiger partial charge in [0.1, 0.15) is 6.04 Å². The number of hydrogen-bond acceptors (Lipinski definition) is 5. The smallest absolute Gasteiger partial charge is 0.326 e. The lowest BCUT2D eigenvalue weighted by atomic mass is 9.93. The van der Waals surface area contributed by atoms with Crippen LogP contribution in [0.5, 0.6) is 0 Å². The topological polar surface area (TPSA) is 104 Å². The highest BCUT2D eigenvalue weighted by atomic mass is 32.2. The van der Waals surface area contributed by atoms with Crippen molar-refractivity contribution in [1.29, 1.82) is 0 Å². The van der Waals surface area contributed by atoms with Gasteiger partial charge >= 0.3 is 5.97 Å². The predicted octanol–water partition coefficient (Wildman–Crippen LogP) is 6.16. The number of thioether (sulfide) groups is 1. The number of aliphatic carboxylic acids is 1. The maximum absolute atomic E-state index is 13.4. The van der Waals surface area contributed by atoms with Gasteiger partial charge in [0.05, 0.1) is 5.75 Å². The summed E-state index contributed by atoms with van der Waals surface area (Å²) in [5.41, 5.74) is 4.72. The molecule has 0 saturated carbocycles. The molecule has 3 aromatic rings. The fourth-order valence-corrected chi connectivity index (χ4v) is 6.93. The van der Waals surface area contributed by atoms with E-state index in [-0.39, 0.29) is 12.3 Å². The van der Waals surface area contributed by atoms with E-state index in [9.17, 15) is 23.1 Å². The monoisotopic (exact) mass is 610 g/mol.